The second-order valence-electron chi connectivity index (χ2n) is 6.78. The number of nitrogens with one attached hydrogen (secondary N) is 1. The topological polar surface area (TPSA) is 15.3 Å². The van der Waals surface area contributed by atoms with Gasteiger partial charge in [0.05, 0.1) is 0 Å². The molecule has 1 atom stereocenters. The van der Waals surface area contributed by atoms with Crippen molar-refractivity contribution in [3.8, 4) is 0 Å². The molecule has 2 nitrogen and oxygen atoms in total. The third-order valence-corrected chi connectivity index (χ3v) is 5.28. The standard InChI is InChI=1S/C19H30N2/c1-2-8-17-11-6-7-12-19(17)21-14-13-20-18(15-21)16-9-4-3-5-10-16/h6-7,11-12,16,18,20H,2-5,8-10,13-15H2,1H3. The predicted octanol–water partition coefficient (Wildman–Crippen LogP) is 4.00. The van der Waals surface area contributed by atoms with Crippen LogP contribution < -0.4 is 10.2 Å². The molecule has 116 valence electrons. The van der Waals surface area contributed by atoms with E-state index in [1.54, 1.807) is 0 Å². The van der Waals surface area contributed by atoms with Crippen LogP contribution in [0.3, 0.4) is 0 Å². The van der Waals surface area contributed by atoms with E-state index in [9.17, 15) is 0 Å². The van der Waals surface area contributed by atoms with Crippen molar-refractivity contribution in [2.24, 2.45) is 5.92 Å². The second kappa shape index (κ2) is 7.31. The largest absolute Gasteiger partial charge is 0.368 e. The molecule has 1 heterocycles. The Bertz CT molecular complexity index is 437. The van der Waals surface area contributed by atoms with Gasteiger partial charge in [-0.25, -0.2) is 0 Å². The lowest BCUT2D eigenvalue weighted by molar-refractivity contribution is 0.257. The van der Waals surface area contributed by atoms with Crippen LogP contribution in [0, 0.1) is 5.92 Å². The van der Waals surface area contributed by atoms with Gasteiger partial charge in [-0.2, -0.15) is 0 Å². The molecule has 1 unspecified atom stereocenters. The minimum absolute atomic E-state index is 0.703. The summed E-state index contributed by atoms with van der Waals surface area (Å²) in [6, 6.07) is 9.74. The lowest BCUT2D eigenvalue weighted by Gasteiger charge is -2.41. The zero-order valence-corrected chi connectivity index (χ0v) is 13.5. The first-order valence-electron chi connectivity index (χ1n) is 8.94. The lowest BCUT2D eigenvalue weighted by Crippen LogP contribution is -2.54. The molecule has 2 aliphatic rings. The Labute approximate surface area is 129 Å². The number of hydrogen-bond acceptors (Lipinski definition) is 2. The van der Waals surface area contributed by atoms with Crippen LogP contribution in [0.2, 0.25) is 0 Å². The minimum Gasteiger partial charge on any atom is -0.368 e. The monoisotopic (exact) mass is 286 g/mol. The maximum absolute atomic E-state index is 3.80. The van der Waals surface area contributed by atoms with Crippen molar-refractivity contribution in [2.75, 3.05) is 24.5 Å². The van der Waals surface area contributed by atoms with Crippen LogP contribution in [-0.2, 0) is 6.42 Å². The Balaban J connectivity index is 1.70. The summed E-state index contributed by atoms with van der Waals surface area (Å²) in [5, 5.41) is 3.80. The number of aryl methyl sites for hydroxylation is 1. The summed E-state index contributed by atoms with van der Waals surface area (Å²) in [6.45, 7) is 5.77. The van der Waals surface area contributed by atoms with E-state index in [0.717, 1.165) is 19.0 Å². The molecule has 0 spiro atoms. The van der Waals surface area contributed by atoms with Crippen molar-refractivity contribution in [2.45, 2.75) is 57.9 Å². The highest BCUT2D eigenvalue weighted by molar-refractivity contribution is 5.54. The molecule has 2 heteroatoms. The Kier molecular flexibility index (Phi) is 5.18. The first-order valence-corrected chi connectivity index (χ1v) is 8.94. The van der Waals surface area contributed by atoms with Gasteiger partial charge in [-0.1, -0.05) is 50.8 Å². The Morgan fingerprint density at radius 2 is 1.95 bits per heavy atom. The van der Waals surface area contributed by atoms with Crippen molar-refractivity contribution in [3.05, 3.63) is 29.8 Å². The van der Waals surface area contributed by atoms with Gasteiger partial charge in [0, 0.05) is 31.4 Å². The van der Waals surface area contributed by atoms with E-state index in [4.69, 9.17) is 0 Å². The summed E-state index contributed by atoms with van der Waals surface area (Å²) in [5.74, 6) is 0.903. The number of nitrogens with zero attached hydrogens (tertiary/aromatic N) is 1. The first-order chi connectivity index (χ1) is 10.4. The Morgan fingerprint density at radius 3 is 2.76 bits per heavy atom. The quantitative estimate of drug-likeness (QED) is 0.900. The summed E-state index contributed by atoms with van der Waals surface area (Å²) < 4.78 is 0. The zero-order chi connectivity index (χ0) is 14.5. The van der Waals surface area contributed by atoms with E-state index in [0.29, 0.717) is 6.04 Å². The number of benzene rings is 1. The highest BCUT2D eigenvalue weighted by Crippen LogP contribution is 2.30. The van der Waals surface area contributed by atoms with Gasteiger partial charge in [0.15, 0.2) is 0 Å². The fraction of sp³-hybridized carbons (Fsp3) is 0.684. The van der Waals surface area contributed by atoms with Crippen molar-refractivity contribution in [1.29, 1.82) is 0 Å². The molecule has 1 aliphatic heterocycles. The lowest BCUT2D eigenvalue weighted by atomic mass is 9.83. The average molecular weight is 286 g/mol. The Hall–Kier alpha value is -1.02. The number of rotatable bonds is 4. The Morgan fingerprint density at radius 1 is 1.14 bits per heavy atom. The van der Waals surface area contributed by atoms with Crippen molar-refractivity contribution in [1.82, 2.24) is 5.32 Å². The minimum atomic E-state index is 0.703. The molecule has 3 rings (SSSR count). The maximum Gasteiger partial charge on any atom is 0.0399 e. The number of hydrogen-bond donors (Lipinski definition) is 1. The van der Waals surface area contributed by atoms with E-state index in [1.165, 1.54) is 62.7 Å². The molecule has 0 aromatic heterocycles. The van der Waals surface area contributed by atoms with Crippen LogP contribution in [0.5, 0.6) is 0 Å². The van der Waals surface area contributed by atoms with Crippen LogP contribution >= 0.6 is 0 Å². The van der Waals surface area contributed by atoms with Gasteiger partial charge >= 0.3 is 0 Å². The second-order valence-corrected chi connectivity index (χ2v) is 6.78. The molecule has 1 N–H and O–H groups in total. The van der Waals surface area contributed by atoms with E-state index in [1.807, 2.05) is 0 Å². The fourth-order valence-electron chi connectivity index (χ4n) is 4.15. The van der Waals surface area contributed by atoms with Gasteiger partial charge in [0.25, 0.3) is 0 Å². The van der Waals surface area contributed by atoms with E-state index in [2.05, 4.69) is 41.4 Å². The molecule has 1 aromatic rings. The highest BCUT2D eigenvalue weighted by atomic mass is 15.2. The van der Waals surface area contributed by atoms with Crippen LogP contribution in [0.25, 0.3) is 0 Å². The molecule has 0 radical (unpaired) electrons. The molecule has 1 saturated heterocycles. The fourth-order valence-corrected chi connectivity index (χ4v) is 4.15. The summed E-state index contributed by atoms with van der Waals surface area (Å²) in [7, 11) is 0. The molecule has 1 aromatic carbocycles. The average Bonchev–Trinajstić information content (AvgIpc) is 2.57. The van der Waals surface area contributed by atoms with Gasteiger partial charge in [-0.15, -0.1) is 0 Å². The van der Waals surface area contributed by atoms with Gasteiger partial charge in [-0.05, 0) is 36.8 Å². The summed E-state index contributed by atoms with van der Waals surface area (Å²) in [6.07, 6.45) is 9.63. The summed E-state index contributed by atoms with van der Waals surface area (Å²) in [4.78, 5) is 2.64. The summed E-state index contributed by atoms with van der Waals surface area (Å²) in [5.41, 5.74) is 3.02. The van der Waals surface area contributed by atoms with E-state index >= 15 is 0 Å². The predicted molar refractivity (Wildman–Crippen MR) is 91.0 cm³/mol. The molecule has 1 aliphatic carbocycles. The van der Waals surface area contributed by atoms with E-state index in [-0.39, 0.29) is 0 Å². The van der Waals surface area contributed by atoms with Crippen molar-refractivity contribution >= 4 is 5.69 Å². The molecule has 21 heavy (non-hydrogen) atoms. The summed E-state index contributed by atoms with van der Waals surface area (Å²) >= 11 is 0. The molecule has 0 bridgehead atoms. The third kappa shape index (κ3) is 3.60. The molecular formula is C19H30N2. The normalized spacial score (nSPS) is 24.2. The number of para-hydroxylation sites is 1. The SMILES string of the molecule is CCCc1ccccc1N1CCNC(C2CCCCC2)C1. The molecule has 2 fully saturated rings. The van der Waals surface area contributed by atoms with Crippen LogP contribution in [0.1, 0.15) is 51.0 Å². The molecular weight excluding hydrogens is 256 g/mol. The zero-order valence-electron chi connectivity index (χ0n) is 13.5. The number of anilines is 1. The van der Waals surface area contributed by atoms with Gasteiger partial charge in [0.1, 0.15) is 0 Å². The molecule has 1 saturated carbocycles. The molecule has 0 amide bonds. The van der Waals surface area contributed by atoms with Gasteiger partial charge < -0.3 is 10.2 Å². The van der Waals surface area contributed by atoms with Crippen LogP contribution in [0.4, 0.5) is 5.69 Å². The maximum atomic E-state index is 3.80. The first kappa shape index (κ1) is 14.9. The van der Waals surface area contributed by atoms with Crippen LogP contribution in [-0.4, -0.2) is 25.7 Å². The van der Waals surface area contributed by atoms with Crippen molar-refractivity contribution < 1.29 is 0 Å². The van der Waals surface area contributed by atoms with Crippen molar-refractivity contribution in [3.63, 3.8) is 0 Å². The number of piperazine rings is 1. The van der Waals surface area contributed by atoms with E-state index < -0.39 is 0 Å². The van der Waals surface area contributed by atoms with Gasteiger partial charge in [-0.3, -0.25) is 0 Å². The highest BCUT2D eigenvalue weighted by Gasteiger charge is 2.28. The smallest absolute Gasteiger partial charge is 0.0399 e. The third-order valence-electron chi connectivity index (χ3n) is 5.28. The van der Waals surface area contributed by atoms with Gasteiger partial charge in [0.2, 0.25) is 0 Å². The van der Waals surface area contributed by atoms with Crippen LogP contribution in [0.15, 0.2) is 24.3 Å².